The predicted octanol–water partition coefficient (Wildman–Crippen LogP) is 1.46. The molecular weight excluding hydrogens is 246 g/mol. The van der Waals surface area contributed by atoms with E-state index in [0.717, 1.165) is 12.8 Å². The van der Waals surface area contributed by atoms with E-state index in [1.807, 2.05) is 4.90 Å². The highest BCUT2D eigenvalue weighted by Gasteiger charge is 2.30. The van der Waals surface area contributed by atoms with Crippen molar-refractivity contribution in [1.29, 1.82) is 0 Å². The van der Waals surface area contributed by atoms with E-state index in [0.29, 0.717) is 11.8 Å². The van der Waals surface area contributed by atoms with Crippen LogP contribution in [0.5, 0.6) is 0 Å². The summed E-state index contributed by atoms with van der Waals surface area (Å²) in [5.41, 5.74) is 0. The van der Waals surface area contributed by atoms with Gasteiger partial charge in [0, 0.05) is 6.04 Å². The zero-order valence-corrected chi connectivity index (χ0v) is 12.3. The van der Waals surface area contributed by atoms with E-state index in [2.05, 4.69) is 13.8 Å². The van der Waals surface area contributed by atoms with Gasteiger partial charge in [-0.1, -0.05) is 13.8 Å². The van der Waals surface area contributed by atoms with E-state index >= 15 is 0 Å². The Morgan fingerprint density at radius 1 is 0.947 bits per heavy atom. The van der Waals surface area contributed by atoms with Crippen molar-refractivity contribution < 1.29 is 19.1 Å². The van der Waals surface area contributed by atoms with Crippen molar-refractivity contribution in [2.75, 3.05) is 27.3 Å². The van der Waals surface area contributed by atoms with Crippen LogP contribution in [0, 0.1) is 11.8 Å². The van der Waals surface area contributed by atoms with E-state index in [9.17, 15) is 9.59 Å². The van der Waals surface area contributed by atoms with Gasteiger partial charge < -0.3 is 9.47 Å². The number of rotatable bonds is 5. The first-order valence-electron chi connectivity index (χ1n) is 6.83. The summed E-state index contributed by atoms with van der Waals surface area (Å²) in [7, 11) is 2.73. The molecule has 0 saturated heterocycles. The quantitative estimate of drug-likeness (QED) is 0.709. The van der Waals surface area contributed by atoms with Gasteiger partial charge in [0.2, 0.25) is 0 Å². The van der Waals surface area contributed by atoms with Gasteiger partial charge in [0.25, 0.3) is 0 Å². The molecule has 1 saturated carbocycles. The van der Waals surface area contributed by atoms with Gasteiger partial charge in [-0.3, -0.25) is 14.5 Å². The second-order valence-corrected chi connectivity index (χ2v) is 5.63. The lowest BCUT2D eigenvalue weighted by Gasteiger charge is -2.38. The van der Waals surface area contributed by atoms with Gasteiger partial charge in [-0.2, -0.15) is 0 Å². The first kappa shape index (κ1) is 16.0. The molecular formula is C14H25NO4. The highest BCUT2D eigenvalue weighted by molar-refractivity contribution is 5.74. The number of nitrogens with zero attached hydrogens (tertiary/aromatic N) is 1. The van der Waals surface area contributed by atoms with Crippen LogP contribution in [-0.2, 0) is 19.1 Å². The molecule has 0 aliphatic heterocycles. The van der Waals surface area contributed by atoms with Crippen LogP contribution in [0.15, 0.2) is 0 Å². The fourth-order valence-electron chi connectivity index (χ4n) is 2.98. The molecule has 110 valence electrons. The Balaban J connectivity index is 2.70. The Hall–Kier alpha value is -1.10. The van der Waals surface area contributed by atoms with Crippen LogP contribution >= 0.6 is 0 Å². The number of methoxy groups -OCH3 is 2. The van der Waals surface area contributed by atoms with Crippen molar-refractivity contribution in [2.45, 2.75) is 39.2 Å². The first-order chi connectivity index (χ1) is 8.96. The van der Waals surface area contributed by atoms with Crippen molar-refractivity contribution in [3.05, 3.63) is 0 Å². The second-order valence-electron chi connectivity index (χ2n) is 5.63. The molecule has 1 fully saturated rings. The molecule has 5 heteroatoms. The molecule has 2 unspecified atom stereocenters. The molecule has 1 rings (SSSR count). The number of hydrogen-bond acceptors (Lipinski definition) is 5. The van der Waals surface area contributed by atoms with Crippen LogP contribution in [0.2, 0.25) is 0 Å². The lowest BCUT2D eigenvalue weighted by atomic mass is 9.80. The van der Waals surface area contributed by atoms with E-state index in [4.69, 9.17) is 9.47 Å². The number of carbonyl (C=O) groups is 2. The maximum atomic E-state index is 11.5. The molecule has 5 nitrogen and oxygen atoms in total. The predicted molar refractivity (Wildman–Crippen MR) is 71.6 cm³/mol. The summed E-state index contributed by atoms with van der Waals surface area (Å²) in [6.07, 6.45) is 3.23. The molecule has 0 amide bonds. The van der Waals surface area contributed by atoms with Gasteiger partial charge >= 0.3 is 11.9 Å². The normalized spacial score (nSPS) is 27.1. The van der Waals surface area contributed by atoms with Crippen LogP contribution in [0.3, 0.4) is 0 Å². The van der Waals surface area contributed by atoms with Crippen molar-refractivity contribution in [1.82, 2.24) is 4.90 Å². The van der Waals surface area contributed by atoms with Gasteiger partial charge in [0.1, 0.15) is 0 Å². The average molecular weight is 271 g/mol. The molecule has 2 atom stereocenters. The Kier molecular flexibility index (Phi) is 6.28. The lowest BCUT2D eigenvalue weighted by Crippen LogP contribution is -2.46. The van der Waals surface area contributed by atoms with E-state index in [1.165, 1.54) is 20.6 Å². The summed E-state index contributed by atoms with van der Waals surface area (Å²) >= 11 is 0. The number of ether oxygens (including phenoxy) is 2. The standard InChI is InChI=1S/C14H25NO4/c1-10-5-11(2)7-12(6-10)15(8-13(16)18-3)9-14(17)19-4/h10-12H,5-9H2,1-4H3. The summed E-state index contributed by atoms with van der Waals surface area (Å²) in [4.78, 5) is 24.9. The fraction of sp³-hybridized carbons (Fsp3) is 0.857. The Bertz CT molecular complexity index is 291. The smallest absolute Gasteiger partial charge is 0.319 e. The first-order valence-corrected chi connectivity index (χ1v) is 6.83. The van der Waals surface area contributed by atoms with Crippen LogP contribution < -0.4 is 0 Å². The zero-order valence-electron chi connectivity index (χ0n) is 12.3. The number of esters is 2. The molecule has 0 aromatic heterocycles. The molecule has 1 aliphatic carbocycles. The fourth-order valence-corrected chi connectivity index (χ4v) is 2.98. The largest absolute Gasteiger partial charge is 0.468 e. The molecule has 19 heavy (non-hydrogen) atoms. The molecule has 0 radical (unpaired) electrons. The highest BCUT2D eigenvalue weighted by atomic mass is 16.5. The molecule has 0 aromatic rings. The Morgan fingerprint density at radius 2 is 1.37 bits per heavy atom. The Labute approximate surface area is 115 Å². The molecule has 0 aromatic carbocycles. The molecule has 0 bridgehead atoms. The van der Waals surface area contributed by atoms with Crippen molar-refractivity contribution in [2.24, 2.45) is 11.8 Å². The van der Waals surface area contributed by atoms with Gasteiger partial charge in [-0.15, -0.1) is 0 Å². The number of carbonyl (C=O) groups excluding carboxylic acids is 2. The monoisotopic (exact) mass is 271 g/mol. The van der Waals surface area contributed by atoms with Crippen LogP contribution in [-0.4, -0.2) is 50.2 Å². The SMILES string of the molecule is COC(=O)CN(CC(=O)OC)C1CC(C)CC(C)C1. The minimum absolute atomic E-state index is 0.149. The third-order valence-corrected chi connectivity index (χ3v) is 3.79. The van der Waals surface area contributed by atoms with Gasteiger partial charge in [-0.05, 0) is 31.1 Å². The Morgan fingerprint density at radius 3 is 1.74 bits per heavy atom. The minimum Gasteiger partial charge on any atom is -0.468 e. The molecule has 0 N–H and O–H groups in total. The summed E-state index contributed by atoms with van der Waals surface area (Å²) in [6, 6.07) is 0.247. The van der Waals surface area contributed by atoms with Crippen molar-refractivity contribution >= 4 is 11.9 Å². The maximum absolute atomic E-state index is 11.5. The molecule has 0 heterocycles. The van der Waals surface area contributed by atoms with E-state index < -0.39 is 0 Å². The van der Waals surface area contributed by atoms with Gasteiger partial charge in [0.05, 0.1) is 27.3 Å². The maximum Gasteiger partial charge on any atom is 0.319 e. The van der Waals surface area contributed by atoms with E-state index in [-0.39, 0.29) is 31.1 Å². The summed E-state index contributed by atoms with van der Waals surface area (Å²) in [5, 5.41) is 0. The summed E-state index contributed by atoms with van der Waals surface area (Å²) < 4.78 is 9.42. The van der Waals surface area contributed by atoms with Gasteiger partial charge in [-0.25, -0.2) is 0 Å². The molecule has 1 aliphatic rings. The zero-order chi connectivity index (χ0) is 14.4. The van der Waals surface area contributed by atoms with Gasteiger partial charge in [0.15, 0.2) is 0 Å². The number of hydrogen-bond donors (Lipinski definition) is 0. The minimum atomic E-state index is -0.310. The molecule has 0 spiro atoms. The van der Waals surface area contributed by atoms with Crippen molar-refractivity contribution in [3.8, 4) is 0 Å². The van der Waals surface area contributed by atoms with Crippen molar-refractivity contribution in [3.63, 3.8) is 0 Å². The topological polar surface area (TPSA) is 55.8 Å². The second kappa shape index (κ2) is 7.48. The highest BCUT2D eigenvalue weighted by Crippen LogP contribution is 2.31. The van der Waals surface area contributed by atoms with E-state index in [1.54, 1.807) is 0 Å². The average Bonchev–Trinajstić information content (AvgIpc) is 2.36. The third kappa shape index (κ3) is 5.19. The van der Waals surface area contributed by atoms with Crippen LogP contribution in [0.4, 0.5) is 0 Å². The third-order valence-electron chi connectivity index (χ3n) is 3.79. The van der Waals surface area contributed by atoms with Crippen LogP contribution in [0.1, 0.15) is 33.1 Å². The summed E-state index contributed by atoms with van der Waals surface area (Å²) in [6.45, 7) is 4.74. The van der Waals surface area contributed by atoms with Crippen LogP contribution in [0.25, 0.3) is 0 Å². The lowest BCUT2D eigenvalue weighted by molar-refractivity contribution is -0.147. The summed E-state index contributed by atoms with van der Waals surface area (Å²) in [5.74, 6) is 0.614.